The van der Waals surface area contributed by atoms with Crippen LogP contribution in [0.1, 0.15) is 46.2 Å². The Hall–Kier alpha value is -2.20. The van der Waals surface area contributed by atoms with Gasteiger partial charge in [0, 0.05) is 30.3 Å². The van der Waals surface area contributed by atoms with Crippen molar-refractivity contribution in [1.82, 2.24) is 15.1 Å². The van der Waals surface area contributed by atoms with Gasteiger partial charge in [-0.3, -0.25) is 9.48 Å². The molecule has 2 atom stereocenters. The van der Waals surface area contributed by atoms with Crippen LogP contribution >= 0.6 is 0 Å². The Labute approximate surface area is 186 Å². The molecule has 0 bridgehead atoms. The Balaban J connectivity index is 1.25. The molecule has 0 spiro atoms. The molecule has 2 aliphatic heterocycles. The van der Waals surface area contributed by atoms with E-state index in [0.29, 0.717) is 64.4 Å². The highest BCUT2D eigenvalue weighted by atomic mass is 16.6. The number of carbonyl (C=O) groups is 1. The summed E-state index contributed by atoms with van der Waals surface area (Å²) in [7, 11) is 0. The molecule has 2 aliphatic carbocycles. The minimum Gasteiger partial charge on any atom is -0.455 e. The third-order valence-corrected chi connectivity index (χ3v) is 6.56. The molecular weight excluding hydrogens is 414 g/mol. The third-order valence-electron chi connectivity index (χ3n) is 6.56. The first-order chi connectivity index (χ1) is 15.8. The molecular formula is C23H29N3O6. The molecule has 0 aromatic carbocycles. The van der Waals surface area contributed by atoms with Gasteiger partial charge >= 0.3 is 0 Å². The average Bonchev–Trinajstić information content (AvgIpc) is 3.46. The van der Waals surface area contributed by atoms with Gasteiger partial charge < -0.3 is 28.7 Å². The van der Waals surface area contributed by atoms with Gasteiger partial charge in [0.25, 0.3) is 5.91 Å². The number of fused-ring (bicyclic) bond motifs is 3. The predicted octanol–water partition coefficient (Wildman–Crippen LogP) is 1.68. The molecule has 32 heavy (non-hydrogen) atoms. The van der Waals surface area contributed by atoms with Crippen molar-refractivity contribution in [3.05, 3.63) is 28.8 Å². The second kappa shape index (κ2) is 8.62. The van der Waals surface area contributed by atoms with Gasteiger partial charge in [0.15, 0.2) is 5.76 Å². The maximum atomic E-state index is 13.1. The number of aryl methyl sites for hydroxylation is 2. The highest BCUT2D eigenvalue weighted by Gasteiger charge is 2.39. The number of amides is 1. The van der Waals surface area contributed by atoms with E-state index in [1.54, 1.807) is 0 Å². The van der Waals surface area contributed by atoms with Crippen molar-refractivity contribution in [3.8, 4) is 11.3 Å². The fourth-order valence-corrected chi connectivity index (χ4v) is 4.85. The standard InChI is InChI=1S/C23H29N3O6/c27-23(24-9-16-12-28-5-7-30-16)22-19(14-1-2-14)20-18(32-22)4-3-15-10-26(25-21(15)20)11-17-13-29-6-8-31-17/h10,14,16-17H,1-9,11-13H2,(H,24,27)/t16-,17?/m1/s1. The molecule has 9 heteroatoms. The topological polar surface area (TPSA) is 97.0 Å². The number of aromatic nitrogens is 2. The average molecular weight is 444 g/mol. The van der Waals surface area contributed by atoms with Crippen LogP contribution in [0.3, 0.4) is 0 Å². The lowest BCUT2D eigenvalue weighted by Gasteiger charge is -2.22. The van der Waals surface area contributed by atoms with Crippen LogP contribution in [-0.4, -0.2) is 74.1 Å². The minimum absolute atomic E-state index is 0.0177. The summed E-state index contributed by atoms with van der Waals surface area (Å²) in [5.41, 5.74) is 4.23. The van der Waals surface area contributed by atoms with Crippen LogP contribution in [-0.2, 0) is 38.3 Å². The molecule has 1 unspecified atom stereocenters. The van der Waals surface area contributed by atoms with Crippen LogP contribution in [0.2, 0.25) is 0 Å². The van der Waals surface area contributed by atoms with E-state index in [1.165, 1.54) is 5.56 Å². The van der Waals surface area contributed by atoms with Gasteiger partial charge in [-0.15, -0.1) is 0 Å². The Kier molecular flexibility index (Phi) is 5.50. The van der Waals surface area contributed by atoms with Crippen molar-refractivity contribution in [2.24, 2.45) is 0 Å². The smallest absolute Gasteiger partial charge is 0.287 e. The molecule has 6 rings (SSSR count). The lowest BCUT2D eigenvalue weighted by molar-refractivity contribution is -0.0946. The van der Waals surface area contributed by atoms with E-state index in [1.807, 2.05) is 4.68 Å². The quantitative estimate of drug-likeness (QED) is 0.726. The molecule has 9 nitrogen and oxygen atoms in total. The summed E-state index contributed by atoms with van der Waals surface area (Å²) in [5, 5.41) is 7.89. The van der Waals surface area contributed by atoms with Gasteiger partial charge in [-0.05, 0) is 30.7 Å². The second-order valence-electron chi connectivity index (χ2n) is 8.99. The van der Waals surface area contributed by atoms with Crippen LogP contribution in [0.4, 0.5) is 0 Å². The zero-order valence-electron chi connectivity index (χ0n) is 18.1. The van der Waals surface area contributed by atoms with Gasteiger partial charge in [0.2, 0.25) is 0 Å². The van der Waals surface area contributed by atoms with Gasteiger partial charge in [-0.2, -0.15) is 5.10 Å². The molecule has 3 fully saturated rings. The highest BCUT2D eigenvalue weighted by Crippen LogP contribution is 2.50. The first-order valence-corrected chi connectivity index (χ1v) is 11.7. The Morgan fingerprint density at radius 2 is 1.84 bits per heavy atom. The lowest BCUT2D eigenvalue weighted by Crippen LogP contribution is -2.39. The highest BCUT2D eigenvalue weighted by molar-refractivity contribution is 5.96. The maximum absolute atomic E-state index is 13.1. The van der Waals surface area contributed by atoms with Gasteiger partial charge in [-0.1, -0.05) is 0 Å². The monoisotopic (exact) mass is 443 g/mol. The normalized spacial score (nSPS) is 25.2. The zero-order valence-corrected chi connectivity index (χ0v) is 18.1. The number of rotatable bonds is 6. The SMILES string of the molecule is O=C(NC[C@@H]1COCCO1)c1oc2c(c1C1CC1)-c1nn(CC3COCCO3)cc1CC2. The number of nitrogens with zero attached hydrogens (tertiary/aromatic N) is 2. The van der Waals surface area contributed by atoms with Crippen LogP contribution in [0.15, 0.2) is 10.6 Å². The molecule has 1 saturated carbocycles. The summed E-state index contributed by atoms with van der Waals surface area (Å²) in [6, 6.07) is 0. The maximum Gasteiger partial charge on any atom is 0.287 e. The molecule has 2 aromatic rings. The molecule has 4 aliphatic rings. The fraction of sp³-hybridized carbons (Fsp3) is 0.652. The van der Waals surface area contributed by atoms with Gasteiger partial charge in [0.05, 0.1) is 58.0 Å². The second-order valence-corrected chi connectivity index (χ2v) is 8.99. The first kappa shape index (κ1) is 20.4. The lowest BCUT2D eigenvalue weighted by atomic mass is 9.91. The summed E-state index contributed by atoms with van der Waals surface area (Å²) >= 11 is 0. The molecule has 4 heterocycles. The summed E-state index contributed by atoms with van der Waals surface area (Å²) in [5.74, 6) is 1.51. The van der Waals surface area contributed by atoms with E-state index < -0.39 is 0 Å². The predicted molar refractivity (Wildman–Crippen MR) is 113 cm³/mol. The van der Waals surface area contributed by atoms with Crippen molar-refractivity contribution in [2.45, 2.75) is 50.4 Å². The first-order valence-electron chi connectivity index (χ1n) is 11.7. The molecule has 1 N–H and O–H groups in total. The zero-order chi connectivity index (χ0) is 21.5. The number of hydrogen-bond donors (Lipinski definition) is 1. The Bertz CT molecular complexity index is 982. The van der Waals surface area contributed by atoms with E-state index in [9.17, 15) is 4.79 Å². The van der Waals surface area contributed by atoms with Crippen molar-refractivity contribution < 1.29 is 28.2 Å². The van der Waals surface area contributed by atoms with Crippen LogP contribution < -0.4 is 5.32 Å². The largest absolute Gasteiger partial charge is 0.455 e. The van der Waals surface area contributed by atoms with E-state index in [0.717, 1.165) is 48.3 Å². The van der Waals surface area contributed by atoms with E-state index >= 15 is 0 Å². The number of ether oxygens (including phenoxy) is 4. The van der Waals surface area contributed by atoms with Crippen molar-refractivity contribution in [1.29, 1.82) is 0 Å². The van der Waals surface area contributed by atoms with Crippen molar-refractivity contribution >= 4 is 5.91 Å². The van der Waals surface area contributed by atoms with E-state index in [-0.39, 0.29) is 18.1 Å². The van der Waals surface area contributed by atoms with E-state index in [4.69, 9.17) is 28.5 Å². The van der Waals surface area contributed by atoms with Crippen molar-refractivity contribution in [3.63, 3.8) is 0 Å². The number of carbonyl (C=O) groups excluding carboxylic acids is 1. The van der Waals surface area contributed by atoms with Crippen LogP contribution in [0.25, 0.3) is 11.3 Å². The summed E-state index contributed by atoms with van der Waals surface area (Å²) in [6.45, 7) is 4.62. The van der Waals surface area contributed by atoms with Crippen molar-refractivity contribution in [2.75, 3.05) is 46.2 Å². The fourth-order valence-electron chi connectivity index (χ4n) is 4.85. The molecule has 2 aromatic heterocycles. The number of nitrogens with one attached hydrogen (secondary N) is 1. The summed E-state index contributed by atoms with van der Waals surface area (Å²) in [6.07, 6.45) is 5.81. The van der Waals surface area contributed by atoms with Crippen LogP contribution in [0.5, 0.6) is 0 Å². The van der Waals surface area contributed by atoms with E-state index in [2.05, 4.69) is 11.5 Å². The minimum atomic E-state index is -0.177. The Morgan fingerprint density at radius 1 is 1.06 bits per heavy atom. The number of furan rings is 1. The summed E-state index contributed by atoms with van der Waals surface area (Å²) < 4.78 is 30.5. The van der Waals surface area contributed by atoms with Gasteiger partial charge in [-0.25, -0.2) is 0 Å². The molecule has 172 valence electrons. The Morgan fingerprint density at radius 3 is 2.56 bits per heavy atom. The van der Waals surface area contributed by atoms with Crippen LogP contribution in [0, 0.1) is 0 Å². The summed E-state index contributed by atoms with van der Waals surface area (Å²) in [4.78, 5) is 13.1. The molecule has 0 radical (unpaired) electrons. The number of hydrogen-bond acceptors (Lipinski definition) is 7. The van der Waals surface area contributed by atoms with Gasteiger partial charge in [0.1, 0.15) is 11.9 Å². The molecule has 1 amide bonds. The molecule has 2 saturated heterocycles. The third kappa shape index (κ3) is 3.98.